The van der Waals surface area contributed by atoms with Crippen LogP contribution in [0.15, 0.2) is 255 Å². The predicted molar refractivity (Wildman–Crippen MR) is 397 cm³/mol. The van der Waals surface area contributed by atoms with E-state index in [2.05, 4.69) is 292 Å². The lowest BCUT2D eigenvalue weighted by atomic mass is 9.81. The van der Waals surface area contributed by atoms with Crippen molar-refractivity contribution in [3.05, 3.63) is 299 Å². The number of allylic oxidation sites excluding steroid dienone is 2. The van der Waals surface area contributed by atoms with Crippen molar-refractivity contribution >= 4 is 131 Å². The molecule has 2 nitrogen and oxygen atoms in total. The van der Waals surface area contributed by atoms with Crippen molar-refractivity contribution in [1.82, 2.24) is 0 Å². The molecule has 2 aliphatic rings. The average Bonchev–Trinajstić information content (AvgIpc) is 0.681. The molecule has 2 fully saturated rings. The van der Waals surface area contributed by atoms with Crippen LogP contribution in [0.3, 0.4) is 0 Å². The number of benzene rings is 15. The van der Waals surface area contributed by atoms with E-state index in [1.54, 1.807) is 0 Å². The Morgan fingerprint density at radius 2 is 0.522 bits per heavy atom. The van der Waals surface area contributed by atoms with Gasteiger partial charge in [0.2, 0.25) is 0 Å². The fraction of sp³-hybridized carbons (Fsp3) is 0.178. The predicted octanol–water partition coefficient (Wildman–Crippen LogP) is 26.0. The summed E-state index contributed by atoms with van der Waals surface area (Å²) in [6.45, 7) is 8.76. The highest BCUT2D eigenvalue weighted by Gasteiger charge is 2.28. The molecule has 15 aromatic rings. The van der Waals surface area contributed by atoms with Crippen molar-refractivity contribution in [1.29, 1.82) is 0 Å². The zero-order valence-electron chi connectivity index (χ0n) is 53.4. The molecule has 0 aliphatic heterocycles. The number of fused-ring (bicyclic) bond motifs is 6. The zero-order chi connectivity index (χ0) is 61.6. The van der Waals surface area contributed by atoms with Crippen LogP contribution in [-0.4, -0.2) is 0 Å². The topological polar surface area (TPSA) is 6.48 Å². The Morgan fingerprint density at radius 3 is 0.848 bits per heavy atom. The highest BCUT2D eigenvalue weighted by atomic mass is 15.1. The summed E-state index contributed by atoms with van der Waals surface area (Å²) in [7, 11) is 0. The monoisotopic (exact) mass is 1180 g/mol. The summed E-state index contributed by atoms with van der Waals surface area (Å²) in [5.74, 6) is 1.18. The second kappa shape index (κ2) is 23.0. The Morgan fingerprint density at radius 1 is 0.261 bits per heavy atom. The Bertz CT molecular complexity index is 4990. The van der Waals surface area contributed by atoms with Gasteiger partial charge in [0.05, 0.1) is 11.4 Å². The molecular weight excluding hydrogens is 1110 g/mol. The number of hydrogen-bond donors (Lipinski definition) is 0. The van der Waals surface area contributed by atoms with Gasteiger partial charge in [-0.15, -0.1) is 0 Å². The molecule has 0 radical (unpaired) electrons. The molecule has 2 aliphatic carbocycles. The first-order chi connectivity index (χ1) is 45.3. The molecule has 17 rings (SSSR count). The van der Waals surface area contributed by atoms with Gasteiger partial charge >= 0.3 is 0 Å². The molecule has 0 spiro atoms. The smallest absolute Gasteiger partial charge is 0.0546 e. The summed E-state index contributed by atoms with van der Waals surface area (Å²) in [5, 5.41) is 20.6. The third-order valence-electron chi connectivity index (χ3n) is 21.1. The van der Waals surface area contributed by atoms with E-state index >= 15 is 0 Å². The fourth-order valence-corrected chi connectivity index (χ4v) is 16.5. The lowest BCUT2D eigenvalue weighted by molar-refractivity contribution is 0.420. The van der Waals surface area contributed by atoms with Crippen LogP contribution in [-0.2, 0) is 0 Å². The summed E-state index contributed by atoms with van der Waals surface area (Å²) < 4.78 is 0. The molecule has 0 heterocycles. The first-order valence-electron chi connectivity index (χ1n) is 33.9. The summed E-state index contributed by atoms with van der Waals surface area (Å²) in [6.07, 6.45) is 18.2. The number of anilines is 6. The van der Waals surface area contributed by atoms with Gasteiger partial charge in [0.1, 0.15) is 0 Å². The molecule has 0 saturated heterocycles. The van der Waals surface area contributed by atoms with Gasteiger partial charge in [-0.25, -0.2) is 0 Å². The lowest BCUT2D eigenvalue weighted by Crippen LogP contribution is -2.11. The van der Waals surface area contributed by atoms with Gasteiger partial charge in [-0.1, -0.05) is 255 Å². The van der Waals surface area contributed by atoms with E-state index in [-0.39, 0.29) is 0 Å². The summed E-state index contributed by atoms with van der Waals surface area (Å²) in [6, 6.07) is 93.6. The SMILES string of the molecule is Cc1ccc(C(=CC2CCCCC2)c2ccc(N(c3ccc(C)cc3)c3ccc4cccc5c4c3c3cccc4c3c5c3cccc5c6c(N(c7ccc(C)cc7)c7ccc(C(=CC8CCCCC8)c8ccc(C)cc8)cc7)ccc7cccc(c76)c4c53)cc2)cc1. The van der Waals surface area contributed by atoms with Crippen LogP contribution in [0, 0.1) is 39.5 Å². The highest BCUT2D eigenvalue weighted by molar-refractivity contribution is 6.49. The number of hydrogen-bond acceptors (Lipinski definition) is 2. The first-order valence-corrected chi connectivity index (χ1v) is 33.9. The molecule has 0 bridgehead atoms. The van der Waals surface area contributed by atoms with Crippen molar-refractivity contribution in [2.24, 2.45) is 11.8 Å². The van der Waals surface area contributed by atoms with Gasteiger partial charge in [0.25, 0.3) is 0 Å². The molecular formula is C90H76N2. The van der Waals surface area contributed by atoms with Gasteiger partial charge in [-0.2, -0.15) is 0 Å². The molecule has 446 valence electrons. The normalized spacial score (nSPS) is 14.8. The van der Waals surface area contributed by atoms with E-state index in [1.165, 1.54) is 217 Å². The largest absolute Gasteiger partial charge is 0.310 e. The molecule has 0 amide bonds. The molecule has 0 aromatic heterocycles. The molecule has 2 saturated carbocycles. The fourth-order valence-electron chi connectivity index (χ4n) is 16.5. The maximum absolute atomic E-state index is 2.60. The molecule has 0 unspecified atom stereocenters. The zero-order valence-corrected chi connectivity index (χ0v) is 53.4. The van der Waals surface area contributed by atoms with Gasteiger partial charge < -0.3 is 9.80 Å². The van der Waals surface area contributed by atoms with Crippen molar-refractivity contribution in [3.8, 4) is 0 Å². The Kier molecular flexibility index (Phi) is 14.0. The van der Waals surface area contributed by atoms with E-state index < -0.39 is 0 Å². The number of nitrogens with zero attached hydrogens (tertiary/aromatic N) is 2. The quantitative estimate of drug-likeness (QED) is 0.0889. The lowest BCUT2D eigenvalue weighted by Gasteiger charge is -2.30. The molecule has 15 aromatic carbocycles. The van der Waals surface area contributed by atoms with E-state index in [1.807, 2.05) is 0 Å². The van der Waals surface area contributed by atoms with Crippen molar-refractivity contribution < 1.29 is 0 Å². The second-order valence-electron chi connectivity index (χ2n) is 27.1. The highest BCUT2D eigenvalue weighted by Crippen LogP contribution is 2.55. The molecule has 0 atom stereocenters. The van der Waals surface area contributed by atoms with Crippen LogP contribution in [0.5, 0.6) is 0 Å². The van der Waals surface area contributed by atoms with Crippen LogP contribution < -0.4 is 9.80 Å². The second-order valence-corrected chi connectivity index (χ2v) is 27.1. The van der Waals surface area contributed by atoms with Crippen molar-refractivity contribution in [2.45, 2.75) is 91.9 Å². The Hall–Kier alpha value is -10.0. The number of aryl methyl sites for hydroxylation is 4. The third-order valence-corrected chi connectivity index (χ3v) is 21.1. The van der Waals surface area contributed by atoms with Crippen LogP contribution in [0.4, 0.5) is 34.1 Å². The molecule has 92 heavy (non-hydrogen) atoms. The van der Waals surface area contributed by atoms with Gasteiger partial charge in [-0.05, 0) is 235 Å². The summed E-state index contributed by atoms with van der Waals surface area (Å²) in [4.78, 5) is 5.06. The van der Waals surface area contributed by atoms with Crippen LogP contribution in [0.1, 0.15) is 109 Å². The van der Waals surface area contributed by atoms with E-state index in [9.17, 15) is 0 Å². The van der Waals surface area contributed by atoms with Crippen LogP contribution >= 0.6 is 0 Å². The van der Waals surface area contributed by atoms with Gasteiger partial charge in [-0.3, -0.25) is 0 Å². The van der Waals surface area contributed by atoms with Crippen molar-refractivity contribution in [3.63, 3.8) is 0 Å². The minimum absolute atomic E-state index is 0.591. The van der Waals surface area contributed by atoms with E-state index in [4.69, 9.17) is 0 Å². The standard InChI is InChI=1S/C90H76N2/c1-57-27-35-63(36-28-57)79(55-61-15-7-5-8-16-61)65-39-49-71(50-40-65)91(69-45-31-59(3)32-46-69)81-53-43-67-19-11-21-73-83(67)89(81)77-25-13-23-75-86-74-22-12-20-68-44-54-82(90(84(68)74)78-26-14-24-76(88(78)86)85(73)87(75)77)92(70-47-33-60(4)34-48-70)72-51-41-66(42-52-72)80(56-62-17-9-6-10-18-62)64-37-29-58(2)30-38-64/h11-14,19-56,61-62H,5-10,15-18H2,1-4H3. The van der Waals surface area contributed by atoms with Crippen LogP contribution in [0.25, 0.3) is 97.3 Å². The van der Waals surface area contributed by atoms with E-state index in [0.717, 1.165) is 22.7 Å². The molecule has 2 heteroatoms. The third kappa shape index (κ3) is 9.60. The minimum Gasteiger partial charge on any atom is -0.310 e. The maximum atomic E-state index is 2.60. The summed E-state index contributed by atoms with van der Waals surface area (Å²) in [5.41, 5.74) is 19.7. The van der Waals surface area contributed by atoms with Gasteiger partial charge in [0, 0.05) is 33.5 Å². The number of rotatable bonds is 12. The average molecular weight is 1190 g/mol. The van der Waals surface area contributed by atoms with Crippen molar-refractivity contribution in [2.75, 3.05) is 9.80 Å². The van der Waals surface area contributed by atoms with Gasteiger partial charge in [0.15, 0.2) is 0 Å². The Balaban J connectivity index is 0.883. The first kappa shape index (κ1) is 56.0. The van der Waals surface area contributed by atoms with Crippen LogP contribution in [0.2, 0.25) is 0 Å². The maximum Gasteiger partial charge on any atom is 0.0546 e. The van der Waals surface area contributed by atoms with E-state index in [0.29, 0.717) is 11.8 Å². The summed E-state index contributed by atoms with van der Waals surface area (Å²) >= 11 is 0. The Labute approximate surface area is 541 Å². The molecule has 0 N–H and O–H groups in total. The minimum atomic E-state index is 0.591.